The highest BCUT2D eigenvalue weighted by Gasteiger charge is 2.26. The van der Waals surface area contributed by atoms with Gasteiger partial charge in [-0.2, -0.15) is 0 Å². The summed E-state index contributed by atoms with van der Waals surface area (Å²) < 4.78 is 0. The average molecular weight is 246 g/mol. The molecule has 2 aromatic rings. The highest BCUT2D eigenvalue weighted by atomic mass is 35.5. The van der Waals surface area contributed by atoms with Gasteiger partial charge >= 0.3 is 0 Å². The van der Waals surface area contributed by atoms with Crippen molar-refractivity contribution in [2.45, 2.75) is 19.8 Å². The zero-order valence-electron chi connectivity index (χ0n) is 9.53. The van der Waals surface area contributed by atoms with E-state index < -0.39 is 0 Å². The fourth-order valence-corrected chi connectivity index (χ4v) is 2.80. The molecule has 0 spiro atoms. The number of hydrogen-bond donors (Lipinski definition) is 0. The predicted octanol–water partition coefficient (Wildman–Crippen LogP) is 3.65. The zero-order chi connectivity index (χ0) is 12.0. The molecule has 2 nitrogen and oxygen atoms in total. The van der Waals surface area contributed by atoms with Gasteiger partial charge in [0, 0.05) is 11.8 Å². The van der Waals surface area contributed by atoms with Gasteiger partial charge in [0.25, 0.3) is 0 Å². The first-order chi connectivity index (χ1) is 8.16. The summed E-state index contributed by atoms with van der Waals surface area (Å²) in [6.07, 6.45) is 1.49. The highest BCUT2D eigenvalue weighted by molar-refractivity contribution is 6.34. The van der Waals surface area contributed by atoms with Crippen LogP contribution in [-0.2, 0) is 6.42 Å². The Morgan fingerprint density at radius 2 is 1.94 bits per heavy atom. The van der Waals surface area contributed by atoms with Crippen molar-refractivity contribution in [1.29, 1.82) is 0 Å². The SMILES string of the molecule is CC1CC(=O)c2nc(Cl)c3ccccc3c2C1. The third kappa shape index (κ3) is 1.64. The molecule has 1 unspecified atom stereocenters. The second-order valence-corrected chi connectivity index (χ2v) is 5.07. The lowest BCUT2D eigenvalue weighted by atomic mass is 9.85. The van der Waals surface area contributed by atoms with Crippen LogP contribution in [-0.4, -0.2) is 10.8 Å². The van der Waals surface area contributed by atoms with E-state index in [1.165, 1.54) is 0 Å². The van der Waals surface area contributed by atoms with E-state index in [0.717, 1.165) is 22.8 Å². The standard InChI is InChI=1S/C14H12ClNO/c1-8-6-11-9-4-2-3-5-10(9)14(15)16-13(11)12(17)7-8/h2-5,8H,6-7H2,1H3. The highest BCUT2D eigenvalue weighted by Crippen LogP contribution is 2.33. The van der Waals surface area contributed by atoms with E-state index in [1.54, 1.807) is 0 Å². The minimum atomic E-state index is 0.117. The molecule has 1 aliphatic carbocycles. The summed E-state index contributed by atoms with van der Waals surface area (Å²) in [5.74, 6) is 0.507. The van der Waals surface area contributed by atoms with Crippen LogP contribution in [0.25, 0.3) is 10.8 Å². The summed E-state index contributed by atoms with van der Waals surface area (Å²) >= 11 is 6.13. The van der Waals surface area contributed by atoms with Gasteiger partial charge in [-0.1, -0.05) is 42.8 Å². The number of benzene rings is 1. The van der Waals surface area contributed by atoms with Gasteiger partial charge in [-0.05, 0) is 23.3 Å². The molecule has 0 N–H and O–H groups in total. The van der Waals surface area contributed by atoms with Crippen LogP contribution in [0.15, 0.2) is 24.3 Å². The summed E-state index contributed by atoms with van der Waals surface area (Å²) in [7, 11) is 0. The lowest BCUT2D eigenvalue weighted by molar-refractivity contribution is 0.0948. The molecule has 17 heavy (non-hydrogen) atoms. The molecular weight excluding hydrogens is 234 g/mol. The van der Waals surface area contributed by atoms with Gasteiger partial charge in [0.1, 0.15) is 10.8 Å². The summed E-state index contributed by atoms with van der Waals surface area (Å²) in [6.45, 7) is 2.10. The maximum atomic E-state index is 12.0. The Morgan fingerprint density at radius 3 is 2.71 bits per heavy atom. The van der Waals surface area contributed by atoms with Gasteiger partial charge in [-0.25, -0.2) is 4.98 Å². The summed E-state index contributed by atoms with van der Waals surface area (Å²) in [5, 5.41) is 2.44. The number of Topliss-reactive ketones (excluding diaryl/α,β-unsaturated/α-hetero) is 1. The van der Waals surface area contributed by atoms with Crippen molar-refractivity contribution in [2.75, 3.05) is 0 Å². The smallest absolute Gasteiger partial charge is 0.181 e. The number of fused-ring (bicyclic) bond motifs is 3. The molecule has 0 amide bonds. The first kappa shape index (κ1) is 10.7. The lowest BCUT2D eigenvalue weighted by Crippen LogP contribution is -2.20. The van der Waals surface area contributed by atoms with Gasteiger partial charge in [0.15, 0.2) is 5.78 Å². The number of nitrogens with zero attached hydrogens (tertiary/aromatic N) is 1. The normalized spacial score (nSPS) is 19.4. The van der Waals surface area contributed by atoms with Gasteiger partial charge in [-0.3, -0.25) is 4.79 Å². The Morgan fingerprint density at radius 1 is 1.24 bits per heavy atom. The van der Waals surface area contributed by atoms with Crippen LogP contribution in [0.4, 0.5) is 0 Å². The van der Waals surface area contributed by atoms with Crippen molar-refractivity contribution in [3.8, 4) is 0 Å². The number of hydrogen-bond acceptors (Lipinski definition) is 2. The minimum Gasteiger partial charge on any atom is -0.292 e. The molecule has 0 fully saturated rings. The van der Waals surface area contributed by atoms with E-state index >= 15 is 0 Å². The number of halogens is 1. The van der Waals surface area contributed by atoms with E-state index in [1.807, 2.05) is 24.3 Å². The molecule has 0 bridgehead atoms. The predicted molar refractivity (Wildman–Crippen MR) is 68.6 cm³/mol. The van der Waals surface area contributed by atoms with Gasteiger partial charge < -0.3 is 0 Å². The van der Waals surface area contributed by atoms with Crippen molar-refractivity contribution in [3.63, 3.8) is 0 Å². The van der Waals surface area contributed by atoms with E-state index in [9.17, 15) is 4.79 Å². The number of rotatable bonds is 0. The monoisotopic (exact) mass is 245 g/mol. The van der Waals surface area contributed by atoms with Crippen LogP contribution in [0.3, 0.4) is 0 Å². The van der Waals surface area contributed by atoms with Gasteiger partial charge in [-0.15, -0.1) is 0 Å². The lowest BCUT2D eigenvalue weighted by Gasteiger charge is -2.21. The third-order valence-electron chi connectivity index (χ3n) is 3.32. The molecule has 0 aliphatic heterocycles. The molecule has 1 heterocycles. The van der Waals surface area contributed by atoms with Crippen molar-refractivity contribution >= 4 is 28.2 Å². The molecule has 86 valence electrons. The molecule has 3 heteroatoms. The molecule has 0 saturated carbocycles. The Kier molecular flexibility index (Phi) is 2.40. The molecule has 1 aliphatic rings. The first-order valence-corrected chi connectivity index (χ1v) is 6.15. The second-order valence-electron chi connectivity index (χ2n) is 4.71. The summed E-state index contributed by atoms with van der Waals surface area (Å²) in [5.41, 5.74) is 1.64. The Balaban J connectivity index is 2.38. The molecule has 0 radical (unpaired) electrons. The van der Waals surface area contributed by atoms with Crippen LogP contribution < -0.4 is 0 Å². The average Bonchev–Trinajstić information content (AvgIpc) is 2.31. The topological polar surface area (TPSA) is 30.0 Å². The van der Waals surface area contributed by atoms with E-state index in [4.69, 9.17) is 11.6 Å². The van der Waals surface area contributed by atoms with Crippen LogP contribution in [0.2, 0.25) is 5.15 Å². The minimum absolute atomic E-state index is 0.117. The zero-order valence-corrected chi connectivity index (χ0v) is 10.3. The summed E-state index contributed by atoms with van der Waals surface area (Å²) in [4.78, 5) is 16.2. The second kappa shape index (κ2) is 3.81. The number of pyridine rings is 1. The first-order valence-electron chi connectivity index (χ1n) is 5.77. The van der Waals surface area contributed by atoms with Crippen LogP contribution in [0.1, 0.15) is 29.4 Å². The molecule has 3 rings (SSSR count). The fourth-order valence-electron chi connectivity index (χ4n) is 2.55. The molecule has 1 aromatic carbocycles. The molecule has 1 aromatic heterocycles. The van der Waals surface area contributed by atoms with Crippen LogP contribution >= 0.6 is 11.6 Å². The van der Waals surface area contributed by atoms with Crippen molar-refractivity contribution in [1.82, 2.24) is 4.98 Å². The molecule has 0 saturated heterocycles. The largest absolute Gasteiger partial charge is 0.292 e. The van der Waals surface area contributed by atoms with E-state index in [0.29, 0.717) is 23.2 Å². The maximum absolute atomic E-state index is 12.0. The number of ketones is 1. The van der Waals surface area contributed by atoms with Crippen LogP contribution in [0, 0.1) is 5.92 Å². The Labute approximate surface area is 105 Å². The van der Waals surface area contributed by atoms with Crippen molar-refractivity contribution < 1.29 is 4.79 Å². The maximum Gasteiger partial charge on any atom is 0.181 e. The quantitative estimate of drug-likeness (QED) is 0.663. The van der Waals surface area contributed by atoms with Crippen molar-refractivity contribution in [3.05, 3.63) is 40.7 Å². The molecular formula is C14H12ClNO. The van der Waals surface area contributed by atoms with E-state index in [2.05, 4.69) is 11.9 Å². The third-order valence-corrected chi connectivity index (χ3v) is 3.61. The fraction of sp³-hybridized carbons (Fsp3) is 0.286. The molecule has 1 atom stereocenters. The number of carbonyl (C=O) groups excluding carboxylic acids is 1. The van der Waals surface area contributed by atoms with Gasteiger partial charge in [0.2, 0.25) is 0 Å². The van der Waals surface area contributed by atoms with Crippen LogP contribution in [0.5, 0.6) is 0 Å². The van der Waals surface area contributed by atoms with Crippen molar-refractivity contribution in [2.24, 2.45) is 5.92 Å². The summed E-state index contributed by atoms with van der Waals surface area (Å²) in [6, 6.07) is 7.89. The van der Waals surface area contributed by atoms with Gasteiger partial charge in [0.05, 0.1) is 0 Å². The number of aromatic nitrogens is 1. The number of carbonyl (C=O) groups is 1. The Hall–Kier alpha value is -1.41. The van der Waals surface area contributed by atoms with E-state index in [-0.39, 0.29) is 5.78 Å². The Bertz CT molecular complexity index is 621.